The van der Waals surface area contributed by atoms with Crippen molar-refractivity contribution in [2.75, 3.05) is 5.32 Å². The van der Waals surface area contributed by atoms with Crippen LogP contribution in [0.25, 0.3) is 0 Å². The molecule has 3 rings (SSSR count). The zero-order valence-corrected chi connectivity index (χ0v) is 17.6. The summed E-state index contributed by atoms with van der Waals surface area (Å²) in [7, 11) is -3.82. The maximum absolute atomic E-state index is 12.7. The molecule has 0 aliphatic rings. The van der Waals surface area contributed by atoms with Crippen molar-refractivity contribution < 1.29 is 22.7 Å². The van der Waals surface area contributed by atoms with Crippen LogP contribution in [0.5, 0.6) is 0 Å². The van der Waals surface area contributed by atoms with Crippen molar-refractivity contribution in [2.45, 2.75) is 24.3 Å². The fourth-order valence-electron chi connectivity index (χ4n) is 2.94. The third kappa shape index (κ3) is 6.00. The Kier molecular flexibility index (Phi) is 6.84. The number of ether oxygens (including phenoxy) is 1. The first-order chi connectivity index (χ1) is 14.7. The van der Waals surface area contributed by atoms with Crippen molar-refractivity contribution in [3.05, 3.63) is 95.6 Å². The molecule has 3 N–H and O–H groups in total. The number of carbonyl (C=O) groups is 2. The fraction of sp³-hybridized carbons (Fsp3) is 0.130. The Bertz CT molecular complexity index is 1180. The third-order valence-electron chi connectivity index (χ3n) is 4.58. The number of primary sulfonamides is 1. The lowest BCUT2D eigenvalue weighted by atomic mass is 10.00. The second-order valence-electron chi connectivity index (χ2n) is 6.93. The van der Waals surface area contributed by atoms with Gasteiger partial charge in [0.1, 0.15) is 0 Å². The Morgan fingerprint density at radius 2 is 1.55 bits per heavy atom. The van der Waals surface area contributed by atoms with Gasteiger partial charge < -0.3 is 10.1 Å². The quantitative estimate of drug-likeness (QED) is 0.550. The molecule has 1 atom stereocenters. The fourth-order valence-corrected chi connectivity index (χ4v) is 3.45. The third-order valence-corrected chi connectivity index (χ3v) is 5.51. The number of amides is 1. The highest BCUT2D eigenvalue weighted by molar-refractivity contribution is 7.89. The summed E-state index contributed by atoms with van der Waals surface area (Å²) in [5, 5.41) is 7.63. The number of sulfonamides is 1. The highest BCUT2D eigenvalue weighted by atomic mass is 32.2. The van der Waals surface area contributed by atoms with Crippen LogP contribution in [0, 0.1) is 0 Å². The number of carbonyl (C=O) groups excluding carboxylic acids is 2. The number of benzene rings is 3. The predicted octanol–water partition coefficient (Wildman–Crippen LogP) is 3.11. The highest BCUT2D eigenvalue weighted by Crippen LogP contribution is 2.17. The average Bonchev–Trinajstić information content (AvgIpc) is 2.74. The van der Waals surface area contributed by atoms with Crippen LogP contribution >= 0.6 is 0 Å². The van der Waals surface area contributed by atoms with Gasteiger partial charge in [-0.2, -0.15) is 0 Å². The van der Waals surface area contributed by atoms with Crippen LogP contribution in [-0.2, 0) is 26.0 Å². The van der Waals surface area contributed by atoms with E-state index in [9.17, 15) is 18.0 Å². The minimum Gasteiger partial charge on any atom is -0.449 e. The van der Waals surface area contributed by atoms with Crippen LogP contribution in [0.15, 0.2) is 83.8 Å². The molecule has 0 bridgehead atoms. The highest BCUT2D eigenvalue weighted by Gasteiger charge is 2.21. The van der Waals surface area contributed by atoms with E-state index in [1.165, 1.54) is 31.2 Å². The molecule has 0 saturated heterocycles. The van der Waals surface area contributed by atoms with Gasteiger partial charge in [0.25, 0.3) is 5.91 Å². The van der Waals surface area contributed by atoms with E-state index in [1.807, 2.05) is 42.5 Å². The van der Waals surface area contributed by atoms with E-state index in [1.54, 1.807) is 12.1 Å². The molecule has 0 unspecified atom stereocenters. The van der Waals surface area contributed by atoms with E-state index >= 15 is 0 Å². The lowest BCUT2D eigenvalue weighted by Crippen LogP contribution is -2.30. The molecule has 3 aromatic carbocycles. The molecule has 0 aliphatic heterocycles. The van der Waals surface area contributed by atoms with Gasteiger partial charge in [-0.25, -0.2) is 18.4 Å². The molecule has 0 spiro atoms. The molecule has 8 heteroatoms. The number of nitrogens with one attached hydrogen (secondary N) is 1. The summed E-state index contributed by atoms with van der Waals surface area (Å²) < 4.78 is 28.0. The zero-order valence-electron chi connectivity index (χ0n) is 16.8. The van der Waals surface area contributed by atoms with Gasteiger partial charge in [-0.15, -0.1) is 0 Å². The van der Waals surface area contributed by atoms with Crippen LogP contribution in [0.2, 0.25) is 0 Å². The lowest BCUT2D eigenvalue weighted by Gasteiger charge is -2.15. The van der Waals surface area contributed by atoms with Crippen molar-refractivity contribution >= 4 is 27.6 Å². The van der Waals surface area contributed by atoms with E-state index in [4.69, 9.17) is 9.88 Å². The van der Waals surface area contributed by atoms with Gasteiger partial charge in [-0.05, 0) is 54.8 Å². The molecule has 7 nitrogen and oxygen atoms in total. The second kappa shape index (κ2) is 9.55. The number of nitrogens with two attached hydrogens (primary N) is 1. The summed E-state index contributed by atoms with van der Waals surface area (Å²) in [6.45, 7) is 1.46. The first kappa shape index (κ1) is 22.2. The van der Waals surface area contributed by atoms with Crippen LogP contribution in [0.1, 0.15) is 28.4 Å². The van der Waals surface area contributed by atoms with Crippen molar-refractivity contribution in [3.63, 3.8) is 0 Å². The molecule has 0 fully saturated rings. The Morgan fingerprint density at radius 1 is 0.935 bits per heavy atom. The van der Waals surface area contributed by atoms with Gasteiger partial charge in [0.05, 0.1) is 10.5 Å². The van der Waals surface area contributed by atoms with E-state index in [0.29, 0.717) is 17.7 Å². The summed E-state index contributed by atoms with van der Waals surface area (Å²) in [6.07, 6.45) is -0.501. The number of hydrogen-bond donors (Lipinski definition) is 2. The van der Waals surface area contributed by atoms with Crippen LogP contribution < -0.4 is 10.5 Å². The summed E-state index contributed by atoms with van der Waals surface area (Å²) in [6, 6.07) is 22.2. The van der Waals surface area contributed by atoms with E-state index in [2.05, 4.69) is 5.32 Å². The predicted molar refractivity (Wildman–Crippen MR) is 117 cm³/mol. The first-order valence-electron chi connectivity index (χ1n) is 9.50. The lowest BCUT2D eigenvalue weighted by molar-refractivity contribution is -0.123. The molecule has 31 heavy (non-hydrogen) atoms. The van der Waals surface area contributed by atoms with Gasteiger partial charge >= 0.3 is 5.97 Å². The normalized spacial score (nSPS) is 12.1. The summed E-state index contributed by atoms with van der Waals surface area (Å²) in [5.41, 5.74) is 2.59. The van der Waals surface area contributed by atoms with Gasteiger partial charge in [0.15, 0.2) is 6.10 Å². The molecular weight excluding hydrogens is 416 g/mol. The van der Waals surface area contributed by atoms with E-state index < -0.39 is 28.0 Å². The van der Waals surface area contributed by atoms with Gasteiger partial charge in [0.2, 0.25) is 10.0 Å². The second-order valence-corrected chi connectivity index (χ2v) is 8.49. The number of anilines is 1. The number of esters is 1. The summed E-state index contributed by atoms with van der Waals surface area (Å²) in [4.78, 5) is 25.0. The molecule has 0 saturated carbocycles. The topological polar surface area (TPSA) is 116 Å². The molecule has 0 radical (unpaired) electrons. The van der Waals surface area contributed by atoms with Gasteiger partial charge in [-0.3, -0.25) is 4.79 Å². The number of rotatable bonds is 7. The Morgan fingerprint density at radius 3 is 2.19 bits per heavy atom. The Hall–Kier alpha value is -3.49. The van der Waals surface area contributed by atoms with Gasteiger partial charge in [0, 0.05) is 5.69 Å². The molecular formula is C23H22N2O5S. The van der Waals surface area contributed by atoms with Crippen molar-refractivity contribution in [3.8, 4) is 0 Å². The molecule has 0 aromatic heterocycles. The smallest absolute Gasteiger partial charge is 0.339 e. The molecule has 3 aromatic rings. The monoisotopic (exact) mass is 438 g/mol. The van der Waals surface area contributed by atoms with Crippen LogP contribution in [0.3, 0.4) is 0 Å². The standard InChI is InChI=1S/C23H22N2O5S/c1-16(22(26)25-19-11-13-20(14-12-19)31(24,28)29)30-23(27)21-10-6-5-9-18(21)15-17-7-3-2-4-8-17/h2-14,16H,15H2,1H3,(H,25,26)(H2,24,28,29)/t16-/m0/s1. The maximum atomic E-state index is 12.7. The van der Waals surface area contributed by atoms with Crippen molar-refractivity contribution in [1.82, 2.24) is 0 Å². The number of hydrogen-bond acceptors (Lipinski definition) is 5. The summed E-state index contributed by atoms with van der Waals surface area (Å²) >= 11 is 0. The summed E-state index contributed by atoms with van der Waals surface area (Å²) in [5.74, 6) is -1.14. The van der Waals surface area contributed by atoms with E-state index in [-0.39, 0.29) is 4.90 Å². The molecule has 0 aliphatic carbocycles. The molecule has 160 valence electrons. The average molecular weight is 439 g/mol. The van der Waals surface area contributed by atoms with E-state index in [0.717, 1.165) is 11.1 Å². The maximum Gasteiger partial charge on any atom is 0.339 e. The first-order valence-corrected chi connectivity index (χ1v) is 11.1. The molecule has 1 amide bonds. The Labute approximate surface area is 180 Å². The zero-order chi connectivity index (χ0) is 22.4. The van der Waals surface area contributed by atoms with Crippen LogP contribution in [-0.4, -0.2) is 26.4 Å². The minimum atomic E-state index is -3.82. The molecule has 0 heterocycles. The Balaban J connectivity index is 1.66. The van der Waals surface area contributed by atoms with Crippen molar-refractivity contribution in [2.24, 2.45) is 5.14 Å². The van der Waals surface area contributed by atoms with Gasteiger partial charge in [-0.1, -0.05) is 48.5 Å². The minimum absolute atomic E-state index is 0.0694. The largest absolute Gasteiger partial charge is 0.449 e. The van der Waals surface area contributed by atoms with Crippen LogP contribution in [0.4, 0.5) is 5.69 Å². The SMILES string of the molecule is C[C@H](OC(=O)c1ccccc1Cc1ccccc1)C(=O)Nc1ccc(S(N)(=O)=O)cc1. The van der Waals surface area contributed by atoms with Crippen molar-refractivity contribution in [1.29, 1.82) is 0 Å².